The number of nitrogens with two attached hydrogens (primary N) is 1. The van der Waals surface area contributed by atoms with Crippen LogP contribution in [-0.2, 0) is 20.1 Å². The third kappa shape index (κ3) is 4.04. The Kier molecular flexibility index (Phi) is 4.52. The van der Waals surface area contributed by atoms with Crippen LogP contribution in [0.5, 0.6) is 0 Å². The van der Waals surface area contributed by atoms with E-state index in [1.165, 1.54) is 24.3 Å². The lowest BCUT2D eigenvalue weighted by atomic mass is 10.2. The summed E-state index contributed by atoms with van der Waals surface area (Å²) in [5.74, 6) is 0. The van der Waals surface area contributed by atoms with Crippen LogP contribution in [0.2, 0.25) is 0 Å². The molecule has 0 saturated heterocycles. The molecule has 2 aromatic carbocycles. The number of nitrogens with one attached hydrogen (secondary N) is 1. The van der Waals surface area contributed by atoms with E-state index in [1.54, 1.807) is 30.3 Å². The van der Waals surface area contributed by atoms with Gasteiger partial charge in [0.1, 0.15) is 0 Å². The molecule has 1 unspecified atom stereocenters. The first-order valence-corrected chi connectivity index (χ1v) is 9.13. The van der Waals surface area contributed by atoms with E-state index in [9.17, 15) is 21.4 Å². The molecule has 0 aliphatic rings. The van der Waals surface area contributed by atoms with Gasteiger partial charge in [-0.25, -0.2) is 13.6 Å². The summed E-state index contributed by atoms with van der Waals surface area (Å²) in [4.78, 5) is -0.0961. The van der Waals surface area contributed by atoms with Gasteiger partial charge in [-0.2, -0.15) is 8.42 Å². The fourth-order valence-corrected chi connectivity index (χ4v) is 3.15. The Bertz CT molecular complexity index is 847. The van der Waals surface area contributed by atoms with Crippen molar-refractivity contribution in [1.82, 2.24) is 0 Å². The molecule has 4 N–H and O–H groups in total. The van der Waals surface area contributed by atoms with E-state index < -0.39 is 25.5 Å². The van der Waals surface area contributed by atoms with Crippen LogP contribution in [0.1, 0.15) is 10.9 Å². The highest BCUT2D eigenvalue weighted by molar-refractivity contribution is 7.89. The van der Waals surface area contributed by atoms with Gasteiger partial charge in [-0.3, -0.25) is 4.55 Å². The van der Waals surface area contributed by atoms with E-state index >= 15 is 0 Å². The highest BCUT2D eigenvalue weighted by atomic mass is 32.2. The average molecular weight is 342 g/mol. The Labute approximate surface area is 128 Å². The lowest BCUT2D eigenvalue weighted by Gasteiger charge is -2.17. The minimum Gasteiger partial charge on any atom is -0.363 e. The zero-order valence-corrected chi connectivity index (χ0v) is 12.9. The van der Waals surface area contributed by atoms with Crippen LogP contribution in [-0.4, -0.2) is 21.4 Å². The lowest BCUT2D eigenvalue weighted by Crippen LogP contribution is -2.20. The van der Waals surface area contributed by atoms with Gasteiger partial charge in [-0.1, -0.05) is 30.3 Å². The number of sulfonamides is 1. The van der Waals surface area contributed by atoms with E-state index in [0.29, 0.717) is 11.3 Å². The van der Waals surface area contributed by atoms with Gasteiger partial charge in [0.2, 0.25) is 10.0 Å². The molecule has 22 heavy (non-hydrogen) atoms. The van der Waals surface area contributed by atoms with Crippen molar-refractivity contribution >= 4 is 25.8 Å². The second-order valence-corrected chi connectivity index (χ2v) is 7.58. The highest BCUT2D eigenvalue weighted by Crippen LogP contribution is 2.24. The summed E-state index contributed by atoms with van der Waals surface area (Å²) in [6, 6.07) is 13.3. The molecule has 0 aliphatic heterocycles. The summed E-state index contributed by atoms with van der Waals surface area (Å²) in [5, 5.41) is 6.26. The molecule has 0 aliphatic carbocycles. The van der Waals surface area contributed by atoms with Gasteiger partial charge in [0.15, 0.2) is 5.37 Å². The minimum absolute atomic E-state index is 0.0961. The molecule has 0 fully saturated rings. The molecule has 0 saturated carbocycles. The van der Waals surface area contributed by atoms with Gasteiger partial charge in [0.25, 0.3) is 10.1 Å². The molecule has 0 amide bonds. The maximum Gasteiger partial charge on any atom is 0.290 e. The van der Waals surface area contributed by atoms with Gasteiger partial charge in [-0.15, -0.1) is 0 Å². The van der Waals surface area contributed by atoms with E-state index in [2.05, 4.69) is 5.32 Å². The predicted octanol–water partition coefficient (Wildman–Crippen LogP) is 1.33. The molecule has 9 heteroatoms. The summed E-state index contributed by atoms with van der Waals surface area (Å²) in [5.41, 5.74) is 0.666. The maximum absolute atomic E-state index is 11.5. The van der Waals surface area contributed by atoms with Gasteiger partial charge in [-0.05, 0) is 29.8 Å². The van der Waals surface area contributed by atoms with Crippen molar-refractivity contribution < 1.29 is 21.4 Å². The number of hydrogen-bond donors (Lipinski definition) is 3. The topological polar surface area (TPSA) is 127 Å². The van der Waals surface area contributed by atoms with Crippen molar-refractivity contribution in [3.8, 4) is 0 Å². The maximum atomic E-state index is 11.5. The fraction of sp³-hybridized carbons (Fsp3) is 0.0769. The van der Waals surface area contributed by atoms with Crippen LogP contribution in [0, 0.1) is 0 Å². The molecular weight excluding hydrogens is 328 g/mol. The van der Waals surface area contributed by atoms with Crippen LogP contribution in [0.15, 0.2) is 59.5 Å². The number of benzene rings is 2. The number of rotatable bonds is 5. The highest BCUT2D eigenvalue weighted by Gasteiger charge is 2.24. The molecule has 118 valence electrons. The predicted molar refractivity (Wildman–Crippen MR) is 82.2 cm³/mol. The smallest absolute Gasteiger partial charge is 0.290 e. The van der Waals surface area contributed by atoms with Crippen LogP contribution < -0.4 is 10.5 Å². The van der Waals surface area contributed by atoms with Crippen molar-refractivity contribution in [3.05, 3.63) is 60.2 Å². The number of primary sulfonamides is 1. The molecular formula is C13H14N2O5S2. The summed E-state index contributed by atoms with van der Waals surface area (Å²) in [6.45, 7) is 0. The first-order valence-electron chi connectivity index (χ1n) is 6.08. The monoisotopic (exact) mass is 342 g/mol. The van der Waals surface area contributed by atoms with Crippen molar-refractivity contribution in [2.45, 2.75) is 10.3 Å². The molecule has 0 heterocycles. The largest absolute Gasteiger partial charge is 0.363 e. The summed E-state index contributed by atoms with van der Waals surface area (Å²) in [7, 11) is -8.23. The van der Waals surface area contributed by atoms with E-state index in [4.69, 9.17) is 5.14 Å². The summed E-state index contributed by atoms with van der Waals surface area (Å²) >= 11 is 0. The molecule has 1 atom stereocenters. The Balaban J connectivity index is 2.33. The Morgan fingerprint density at radius 3 is 1.91 bits per heavy atom. The number of hydrogen-bond acceptors (Lipinski definition) is 5. The van der Waals surface area contributed by atoms with E-state index in [-0.39, 0.29) is 4.90 Å². The standard InChI is InChI=1S/C13H14N2O5S2/c14-21(16,17)12-8-6-11(7-9-12)15-13(22(18,19)20)10-4-2-1-3-5-10/h1-9,13,15H,(H2,14,16,17)(H,18,19,20). The van der Waals surface area contributed by atoms with Gasteiger partial charge >= 0.3 is 0 Å². The van der Waals surface area contributed by atoms with Gasteiger partial charge in [0, 0.05) is 5.69 Å². The lowest BCUT2D eigenvalue weighted by molar-refractivity contribution is 0.473. The van der Waals surface area contributed by atoms with Crippen molar-refractivity contribution in [1.29, 1.82) is 0 Å². The Morgan fingerprint density at radius 2 is 1.45 bits per heavy atom. The molecule has 0 spiro atoms. The van der Waals surface area contributed by atoms with Crippen molar-refractivity contribution in [3.63, 3.8) is 0 Å². The molecule has 0 radical (unpaired) electrons. The molecule has 2 rings (SSSR count). The molecule has 7 nitrogen and oxygen atoms in total. The van der Waals surface area contributed by atoms with Crippen molar-refractivity contribution in [2.24, 2.45) is 5.14 Å². The van der Waals surface area contributed by atoms with Crippen LogP contribution in [0.25, 0.3) is 0 Å². The third-order valence-electron chi connectivity index (χ3n) is 2.88. The zero-order chi connectivity index (χ0) is 16.4. The number of anilines is 1. The van der Waals surface area contributed by atoms with Crippen LogP contribution >= 0.6 is 0 Å². The first-order chi connectivity index (χ1) is 10.2. The van der Waals surface area contributed by atoms with Crippen LogP contribution in [0.3, 0.4) is 0 Å². The SMILES string of the molecule is NS(=O)(=O)c1ccc(NC(c2ccccc2)S(=O)(=O)O)cc1. The van der Waals surface area contributed by atoms with Gasteiger partial charge in [0.05, 0.1) is 4.90 Å². The van der Waals surface area contributed by atoms with E-state index in [1.807, 2.05) is 0 Å². The first kappa shape index (κ1) is 16.4. The zero-order valence-electron chi connectivity index (χ0n) is 11.2. The summed E-state index contributed by atoms with van der Waals surface area (Å²) < 4.78 is 54.8. The Hall–Kier alpha value is -1.94. The molecule has 0 aromatic heterocycles. The van der Waals surface area contributed by atoms with Gasteiger partial charge < -0.3 is 5.32 Å². The minimum atomic E-state index is -4.41. The van der Waals surface area contributed by atoms with Crippen LogP contribution in [0.4, 0.5) is 5.69 Å². The molecule has 0 bridgehead atoms. The second-order valence-electron chi connectivity index (χ2n) is 4.52. The average Bonchev–Trinajstić information content (AvgIpc) is 2.44. The third-order valence-corrected chi connectivity index (χ3v) is 4.80. The quantitative estimate of drug-likeness (QED) is 0.704. The fourth-order valence-electron chi connectivity index (χ4n) is 1.85. The normalized spacial score (nSPS) is 13.5. The summed E-state index contributed by atoms with van der Waals surface area (Å²) in [6.07, 6.45) is 0. The Morgan fingerprint density at radius 1 is 0.909 bits per heavy atom. The second kappa shape index (κ2) is 6.05. The van der Waals surface area contributed by atoms with E-state index in [0.717, 1.165) is 0 Å². The molecule has 2 aromatic rings. The van der Waals surface area contributed by atoms with Crippen molar-refractivity contribution in [2.75, 3.05) is 5.32 Å².